The molecule has 1 aliphatic rings. The quantitative estimate of drug-likeness (QED) is 0.712. The summed E-state index contributed by atoms with van der Waals surface area (Å²) in [4.78, 5) is 12.0. The molecule has 0 amide bonds. The summed E-state index contributed by atoms with van der Waals surface area (Å²) in [5.74, 6) is -0.824. The molecule has 0 unspecified atom stereocenters. The van der Waals surface area contributed by atoms with Crippen LogP contribution < -0.4 is 0 Å². The summed E-state index contributed by atoms with van der Waals surface area (Å²) in [6, 6.07) is 4.15. The molecule has 6 nitrogen and oxygen atoms in total. The highest BCUT2D eigenvalue weighted by atomic mass is 35.5. The maximum Gasteiger partial charge on any atom is 0.340 e. The predicted octanol–water partition coefficient (Wildman–Crippen LogP) is 0.979. The number of aliphatic hydroxyl groups is 3. The van der Waals surface area contributed by atoms with Gasteiger partial charge in [-0.05, 0) is 25.1 Å². The van der Waals surface area contributed by atoms with Crippen molar-refractivity contribution in [3.63, 3.8) is 0 Å². The smallest absolute Gasteiger partial charge is 0.340 e. The molecular weight excluding hydrogens is 323 g/mol. The van der Waals surface area contributed by atoms with Gasteiger partial charge in [-0.3, -0.25) is 0 Å². The molecule has 1 saturated heterocycles. The highest BCUT2D eigenvalue weighted by Gasteiger charge is 2.54. The molecule has 1 fully saturated rings. The van der Waals surface area contributed by atoms with E-state index in [0.29, 0.717) is 0 Å². The van der Waals surface area contributed by atoms with E-state index in [9.17, 15) is 15.0 Å². The van der Waals surface area contributed by atoms with E-state index in [0.717, 1.165) is 0 Å². The van der Waals surface area contributed by atoms with Crippen LogP contribution in [0.3, 0.4) is 0 Å². The first-order valence-electron chi connectivity index (χ1n) is 6.09. The molecule has 1 heterocycles. The molecule has 1 aromatic carbocycles. The second kappa shape index (κ2) is 6.08. The first-order chi connectivity index (χ1) is 9.75. The van der Waals surface area contributed by atoms with Gasteiger partial charge in [0, 0.05) is 10.0 Å². The van der Waals surface area contributed by atoms with Gasteiger partial charge < -0.3 is 24.8 Å². The molecule has 2 rings (SSSR count). The van der Waals surface area contributed by atoms with E-state index >= 15 is 0 Å². The molecule has 0 bridgehead atoms. The summed E-state index contributed by atoms with van der Waals surface area (Å²) < 4.78 is 10.2. The number of aliphatic hydroxyl groups excluding tert-OH is 2. The highest BCUT2D eigenvalue weighted by Crippen LogP contribution is 2.32. The van der Waals surface area contributed by atoms with Gasteiger partial charge in [0.15, 0.2) is 5.60 Å². The third kappa shape index (κ3) is 3.31. The minimum Gasteiger partial charge on any atom is -0.429 e. The van der Waals surface area contributed by atoms with Crippen molar-refractivity contribution in [2.75, 3.05) is 6.61 Å². The zero-order chi connectivity index (χ0) is 15.8. The van der Waals surface area contributed by atoms with Crippen LogP contribution in [0.2, 0.25) is 10.0 Å². The number of carbonyl (C=O) groups excluding carboxylic acids is 1. The van der Waals surface area contributed by atoms with Crippen LogP contribution in [-0.4, -0.2) is 52.0 Å². The number of esters is 1. The largest absolute Gasteiger partial charge is 0.429 e. The number of hydrogen-bond acceptors (Lipinski definition) is 6. The summed E-state index contributed by atoms with van der Waals surface area (Å²) in [5.41, 5.74) is -1.76. The van der Waals surface area contributed by atoms with Gasteiger partial charge in [0.2, 0.25) is 6.29 Å². The normalized spacial score (nSPS) is 32.2. The summed E-state index contributed by atoms with van der Waals surface area (Å²) in [5, 5.41) is 29.4. The first kappa shape index (κ1) is 16.5. The average Bonchev–Trinajstić information content (AvgIpc) is 2.61. The SMILES string of the molecule is C[C@]1(O)[C@@H](OC(=O)c2cc(Cl)cc(Cl)c2)O[C@H](CO)[C@H]1O. The van der Waals surface area contributed by atoms with Crippen molar-refractivity contribution in [2.24, 2.45) is 0 Å². The maximum atomic E-state index is 12.0. The lowest BCUT2D eigenvalue weighted by molar-refractivity contribution is -0.172. The van der Waals surface area contributed by atoms with Gasteiger partial charge in [0.25, 0.3) is 0 Å². The molecule has 3 N–H and O–H groups in total. The Morgan fingerprint density at radius 1 is 1.38 bits per heavy atom. The van der Waals surface area contributed by atoms with E-state index in [4.69, 9.17) is 37.8 Å². The van der Waals surface area contributed by atoms with Gasteiger partial charge in [-0.2, -0.15) is 0 Å². The van der Waals surface area contributed by atoms with Gasteiger partial charge in [-0.15, -0.1) is 0 Å². The monoisotopic (exact) mass is 336 g/mol. The highest BCUT2D eigenvalue weighted by molar-refractivity contribution is 6.35. The first-order valence-corrected chi connectivity index (χ1v) is 6.85. The molecule has 0 saturated carbocycles. The molecule has 0 radical (unpaired) electrons. The number of hydrogen-bond donors (Lipinski definition) is 3. The number of halogens is 2. The van der Waals surface area contributed by atoms with E-state index in [1.807, 2.05) is 0 Å². The van der Waals surface area contributed by atoms with Crippen LogP contribution in [0.25, 0.3) is 0 Å². The van der Waals surface area contributed by atoms with E-state index in [-0.39, 0.29) is 15.6 Å². The molecule has 0 aliphatic carbocycles. The Balaban J connectivity index is 2.16. The van der Waals surface area contributed by atoms with Crippen molar-refractivity contribution in [1.82, 2.24) is 0 Å². The fourth-order valence-electron chi connectivity index (χ4n) is 2.01. The fraction of sp³-hybridized carbons (Fsp3) is 0.462. The minimum absolute atomic E-state index is 0.0776. The molecule has 21 heavy (non-hydrogen) atoms. The third-order valence-corrected chi connectivity index (χ3v) is 3.66. The molecular formula is C13H14Cl2O6. The third-order valence-electron chi connectivity index (χ3n) is 3.22. The Hall–Kier alpha value is -0.890. The Bertz CT molecular complexity index is 527. The Labute approximate surface area is 130 Å². The number of rotatable bonds is 3. The summed E-state index contributed by atoms with van der Waals surface area (Å²) in [6.07, 6.45) is -3.85. The topological polar surface area (TPSA) is 96.2 Å². The van der Waals surface area contributed by atoms with Crippen LogP contribution in [0.1, 0.15) is 17.3 Å². The zero-order valence-corrected chi connectivity index (χ0v) is 12.5. The zero-order valence-electron chi connectivity index (χ0n) is 11.0. The fourth-order valence-corrected chi connectivity index (χ4v) is 2.54. The lowest BCUT2D eigenvalue weighted by Gasteiger charge is -2.25. The second-order valence-corrected chi connectivity index (χ2v) is 5.80. The molecule has 0 spiro atoms. The predicted molar refractivity (Wildman–Crippen MR) is 74.3 cm³/mol. The Morgan fingerprint density at radius 2 is 1.95 bits per heavy atom. The van der Waals surface area contributed by atoms with E-state index in [1.165, 1.54) is 25.1 Å². The van der Waals surface area contributed by atoms with E-state index < -0.39 is 36.7 Å². The molecule has 116 valence electrons. The van der Waals surface area contributed by atoms with Crippen molar-refractivity contribution >= 4 is 29.2 Å². The lowest BCUT2D eigenvalue weighted by Crippen LogP contribution is -2.47. The summed E-state index contributed by atoms with van der Waals surface area (Å²) >= 11 is 11.6. The van der Waals surface area contributed by atoms with E-state index in [1.54, 1.807) is 0 Å². The van der Waals surface area contributed by atoms with Gasteiger partial charge in [0.1, 0.15) is 12.2 Å². The molecule has 1 aromatic rings. The molecule has 0 aromatic heterocycles. The van der Waals surface area contributed by atoms with Crippen LogP contribution in [0, 0.1) is 0 Å². The summed E-state index contributed by atoms with van der Waals surface area (Å²) in [6.45, 7) is 0.727. The molecule has 4 atom stereocenters. The number of ether oxygens (including phenoxy) is 2. The van der Waals surface area contributed by atoms with Crippen molar-refractivity contribution in [2.45, 2.75) is 31.0 Å². The summed E-state index contributed by atoms with van der Waals surface area (Å²) in [7, 11) is 0. The molecule has 1 aliphatic heterocycles. The van der Waals surface area contributed by atoms with Crippen molar-refractivity contribution in [1.29, 1.82) is 0 Å². The lowest BCUT2D eigenvalue weighted by atomic mass is 9.98. The molecule has 8 heteroatoms. The van der Waals surface area contributed by atoms with Crippen LogP contribution in [0.5, 0.6) is 0 Å². The van der Waals surface area contributed by atoms with Crippen LogP contribution in [0.4, 0.5) is 0 Å². The second-order valence-electron chi connectivity index (χ2n) is 4.92. The van der Waals surface area contributed by atoms with Crippen LogP contribution >= 0.6 is 23.2 Å². The van der Waals surface area contributed by atoms with Gasteiger partial charge in [-0.1, -0.05) is 23.2 Å². The van der Waals surface area contributed by atoms with Gasteiger partial charge in [0.05, 0.1) is 12.2 Å². The van der Waals surface area contributed by atoms with Gasteiger partial charge >= 0.3 is 5.97 Å². The maximum absolute atomic E-state index is 12.0. The standard InChI is InChI=1S/C13H14Cl2O6/c1-13(19)10(17)9(5-16)20-12(13)21-11(18)6-2-7(14)4-8(15)3-6/h2-4,9-10,12,16-17,19H,5H2,1H3/t9-,10-,12-,13-/m1/s1. The Morgan fingerprint density at radius 3 is 2.43 bits per heavy atom. The van der Waals surface area contributed by atoms with Crippen molar-refractivity contribution < 1.29 is 29.6 Å². The Kier molecular flexibility index (Phi) is 4.77. The van der Waals surface area contributed by atoms with Crippen LogP contribution in [0.15, 0.2) is 18.2 Å². The average molecular weight is 337 g/mol. The number of carbonyl (C=O) groups is 1. The number of benzene rings is 1. The van der Waals surface area contributed by atoms with Crippen molar-refractivity contribution in [3.05, 3.63) is 33.8 Å². The van der Waals surface area contributed by atoms with Crippen molar-refractivity contribution in [3.8, 4) is 0 Å². The van der Waals surface area contributed by atoms with Gasteiger partial charge in [-0.25, -0.2) is 4.79 Å². The van der Waals surface area contributed by atoms with Crippen LogP contribution in [-0.2, 0) is 9.47 Å². The minimum atomic E-state index is -1.84. The van der Waals surface area contributed by atoms with E-state index in [2.05, 4.69) is 0 Å².